The Morgan fingerprint density at radius 1 is 1.22 bits per heavy atom. The van der Waals surface area contributed by atoms with Crippen LogP contribution in [0.25, 0.3) is 0 Å². The van der Waals surface area contributed by atoms with E-state index in [4.69, 9.17) is 4.74 Å². The van der Waals surface area contributed by atoms with E-state index in [2.05, 4.69) is 16.5 Å². The molecule has 1 aromatic carbocycles. The first-order valence-electron chi connectivity index (χ1n) is 9.25. The van der Waals surface area contributed by atoms with E-state index in [1.54, 1.807) is 0 Å². The van der Waals surface area contributed by atoms with Crippen LogP contribution in [0.2, 0.25) is 0 Å². The van der Waals surface area contributed by atoms with Gasteiger partial charge in [0.2, 0.25) is 10.0 Å². The van der Waals surface area contributed by atoms with Gasteiger partial charge >= 0.3 is 0 Å². The summed E-state index contributed by atoms with van der Waals surface area (Å²) in [7, 11) is -3.83. The Morgan fingerprint density at radius 3 is 2.44 bits per heavy atom. The molecule has 3 N–H and O–H groups in total. The fourth-order valence-electron chi connectivity index (χ4n) is 3.81. The smallest absolute Gasteiger partial charge is 0.240 e. The van der Waals surface area contributed by atoms with Crippen molar-refractivity contribution in [3.8, 4) is 0 Å². The van der Waals surface area contributed by atoms with Crippen molar-refractivity contribution in [2.24, 2.45) is 5.92 Å². The van der Waals surface area contributed by atoms with Crippen molar-refractivity contribution >= 4 is 10.0 Å². The van der Waals surface area contributed by atoms with E-state index in [0.717, 1.165) is 38.1 Å². The maximum absolute atomic E-state index is 13.0. The molecule has 4 atom stereocenters. The first kappa shape index (κ1) is 20.6. The molecule has 3 rings (SSSR count). The van der Waals surface area contributed by atoms with Crippen LogP contribution in [0.3, 0.4) is 0 Å². The number of halogens is 1. The van der Waals surface area contributed by atoms with Gasteiger partial charge in [-0.3, -0.25) is 4.90 Å². The highest BCUT2D eigenvalue weighted by molar-refractivity contribution is 7.89. The van der Waals surface area contributed by atoms with E-state index in [0.29, 0.717) is 5.92 Å². The van der Waals surface area contributed by atoms with E-state index < -0.39 is 34.2 Å². The van der Waals surface area contributed by atoms with Crippen LogP contribution in [0.1, 0.15) is 19.8 Å². The van der Waals surface area contributed by atoms with Crippen LogP contribution in [0.4, 0.5) is 4.39 Å². The van der Waals surface area contributed by atoms with Crippen molar-refractivity contribution in [3.63, 3.8) is 0 Å². The molecular weight excluding hydrogens is 375 g/mol. The number of aliphatic hydroxyl groups is 2. The second-order valence-electron chi connectivity index (χ2n) is 7.40. The van der Waals surface area contributed by atoms with Crippen molar-refractivity contribution in [3.05, 3.63) is 30.1 Å². The second kappa shape index (κ2) is 8.50. The molecule has 0 aromatic heterocycles. The van der Waals surface area contributed by atoms with Crippen LogP contribution in [-0.2, 0) is 14.8 Å². The number of piperidine rings is 1. The number of rotatable bonds is 6. The number of aliphatic hydroxyl groups excluding tert-OH is 2. The Bertz CT molecular complexity index is 722. The standard InChI is InChI=1S/C18H27FN2O5S/c1-12-6-8-21(9-7-12)17-15(26-16(11-22)18(17)23)10-20-27(24,25)14-4-2-13(19)3-5-14/h2-5,12,15-18,20,22-23H,6-11H2,1H3. The van der Waals surface area contributed by atoms with Crippen molar-refractivity contribution < 1.29 is 27.8 Å². The van der Waals surface area contributed by atoms with Crippen LogP contribution in [0.15, 0.2) is 29.2 Å². The van der Waals surface area contributed by atoms with E-state index in [1.165, 1.54) is 12.1 Å². The van der Waals surface area contributed by atoms with Crippen LogP contribution < -0.4 is 4.72 Å². The molecule has 0 bridgehead atoms. The molecule has 0 spiro atoms. The van der Waals surface area contributed by atoms with E-state index in [1.807, 2.05) is 0 Å². The van der Waals surface area contributed by atoms with Gasteiger partial charge in [0, 0.05) is 6.54 Å². The molecule has 2 aliphatic heterocycles. The number of nitrogens with zero attached hydrogens (tertiary/aromatic N) is 1. The number of hydrogen-bond donors (Lipinski definition) is 3. The Labute approximate surface area is 159 Å². The summed E-state index contributed by atoms with van der Waals surface area (Å²) >= 11 is 0. The van der Waals surface area contributed by atoms with Gasteiger partial charge in [-0.05, 0) is 56.1 Å². The van der Waals surface area contributed by atoms with Crippen LogP contribution in [0.5, 0.6) is 0 Å². The minimum Gasteiger partial charge on any atom is -0.394 e. The van der Waals surface area contributed by atoms with Gasteiger partial charge in [0.05, 0.1) is 23.6 Å². The lowest BCUT2D eigenvalue weighted by molar-refractivity contribution is -0.0201. The van der Waals surface area contributed by atoms with Crippen molar-refractivity contribution in [2.45, 2.75) is 49.0 Å². The average molecular weight is 402 g/mol. The number of nitrogens with one attached hydrogen (secondary N) is 1. The van der Waals surface area contributed by atoms with Gasteiger partial charge in [0.1, 0.15) is 18.0 Å². The lowest BCUT2D eigenvalue weighted by Gasteiger charge is -2.38. The molecule has 0 radical (unpaired) electrons. The van der Waals surface area contributed by atoms with Crippen LogP contribution >= 0.6 is 0 Å². The van der Waals surface area contributed by atoms with Crippen molar-refractivity contribution in [1.29, 1.82) is 0 Å². The molecule has 0 aliphatic carbocycles. The minimum absolute atomic E-state index is 0.0375. The van der Waals surface area contributed by atoms with Crippen LogP contribution in [0, 0.1) is 11.7 Å². The van der Waals surface area contributed by atoms with Gasteiger partial charge in [-0.15, -0.1) is 0 Å². The Kier molecular flexibility index (Phi) is 6.50. The van der Waals surface area contributed by atoms with Gasteiger partial charge in [-0.2, -0.15) is 0 Å². The quantitative estimate of drug-likeness (QED) is 0.634. The molecule has 152 valence electrons. The predicted molar refractivity (Wildman–Crippen MR) is 97.1 cm³/mol. The topological polar surface area (TPSA) is 99.1 Å². The maximum Gasteiger partial charge on any atom is 0.240 e. The summed E-state index contributed by atoms with van der Waals surface area (Å²) in [6.07, 6.45) is -0.207. The summed E-state index contributed by atoms with van der Waals surface area (Å²) < 4.78 is 46.1. The number of sulfonamides is 1. The lowest BCUT2D eigenvalue weighted by atomic mass is 9.94. The Morgan fingerprint density at radius 2 is 1.85 bits per heavy atom. The maximum atomic E-state index is 13.0. The highest BCUT2D eigenvalue weighted by Crippen LogP contribution is 2.29. The zero-order chi connectivity index (χ0) is 19.6. The fraction of sp³-hybridized carbons (Fsp3) is 0.667. The fourth-order valence-corrected chi connectivity index (χ4v) is 4.86. The third kappa shape index (κ3) is 4.67. The van der Waals surface area contributed by atoms with Gasteiger partial charge in [0.15, 0.2) is 0 Å². The largest absolute Gasteiger partial charge is 0.394 e. The molecule has 0 saturated carbocycles. The van der Waals surface area contributed by atoms with Gasteiger partial charge in [-0.1, -0.05) is 6.92 Å². The van der Waals surface area contributed by atoms with Crippen molar-refractivity contribution in [2.75, 3.05) is 26.2 Å². The summed E-state index contributed by atoms with van der Waals surface area (Å²) in [6, 6.07) is 4.18. The highest BCUT2D eigenvalue weighted by atomic mass is 32.2. The Balaban J connectivity index is 1.70. The predicted octanol–water partition coefficient (Wildman–Crippen LogP) is 0.325. The third-order valence-corrected chi connectivity index (χ3v) is 6.92. The van der Waals surface area contributed by atoms with Gasteiger partial charge in [0.25, 0.3) is 0 Å². The SMILES string of the molecule is CC1CCN(C2C(CNS(=O)(=O)c3ccc(F)cc3)OC(CO)C2O)CC1. The zero-order valence-corrected chi connectivity index (χ0v) is 16.1. The van der Waals surface area contributed by atoms with Crippen LogP contribution in [-0.4, -0.2) is 74.1 Å². The first-order valence-corrected chi connectivity index (χ1v) is 10.7. The van der Waals surface area contributed by atoms with E-state index in [-0.39, 0.29) is 24.1 Å². The van der Waals surface area contributed by atoms with Crippen molar-refractivity contribution in [1.82, 2.24) is 9.62 Å². The molecule has 7 nitrogen and oxygen atoms in total. The molecule has 2 fully saturated rings. The molecule has 9 heteroatoms. The van der Waals surface area contributed by atoms with E-state index >= 15 is 0 Å². The summed E-state index contributed by atoms with van der Waals surface area (Å²) in [5, 5.41) is 20.0. The molecular formula is C18H27FN2O5S. The molecule has 27 heavy (non-hydrogen) atoms. The minimum atomic E-state index is -3.83. The summed E-state index contributed by atoms with van der Waals surface area (Å²) in [5.41, 5.74) is 0. The number of hydrogen-bond acceptors (Lipinski definition) is 6. The van der Waals surface area contributed by atoms with E-state index in [9.17, 15) is 23.0 Å². The molecule has 4 unspecified atom stereocenters. The van der Waals surface area contributed by atoms with Gasteiger partial charge in [-0.25, -0.2) is 17.5 Å². The monoisotopic (exact) mass is 402 g/mol. The lowest BCUT2D eigenvalue weighted by Crippen LogP contribution is -2.53. The first-order chi connectivity index (χ1) is 12.8. The summed E-state index contributed by atoms with van der Waals surface area (Å²) in [6.45, 7) is 3.41. The molecule has 2 saturated heterocycles. The normalized spacial score (nSPS) is 30.7. The highest BCUT2D eigenvalue weighted by Gasteiger charge is 2.46. The number of likely N-dealkylation sites (tertiary alicyclic amines) is 1. The third-order valence-electron chi connectivity index (χ3n) is 5.48. The Hall–Kier alpha value is -1.10. The number of ether oxygens (including phenoxy) is 1. The molecule has 2 heterocycles. The zero-order valence-electron chi connectivity index (χ0n) is 15.3. The second-order valence-corrected chi connectivity index (χ2v) is 9.17. The molecule has 1 aromatic rings. The summed E-state index contributed by atoms with van der Waals surface area (Å²) in [5.74, 6) is 0.103. The number of benzene rings is 1. The molecule has 0 amide bonds. The average Bonchev–Trinajstić information content (AvgIpc) is 2.97. The summed E-state index contributed by atoms with van der Waals surface area (Å²) in [4.78, 5) is 2.08. The van der Waals surface area contributed by atoms with Gasteiger partial charge < -0.3 is 14.9 Å². The molecule has 2 aliphatic rings.